The summed E-state index contributed by atoms with van der Waals surface area (Å²) in [6.45, 7) is 2.92. The van der Waals surface area contributed by atoms with Crippen LogP contribution in [0.25, 0.3) is 0 Å². The van der Waals surface area contributed by atoms with Gasteiger partial charge >= 0.3 is 0 Å². The quantitative estimate of drug-likeness (QED) is 0.873. The van der Waals surface area contributed by atoms with Gasteiger partial charge in [0.2, 0.25) is 0 Å². The average molecular weight is 252 g/mol. The predicted octanol–water partition coefficient (Wildman–Crippen LogP) is 3.44. The van der Waals surface area contributed by atoms with Crippen molar-refractivity contribution in [3.8, 4) is 0 Å². The lowest BCUT2D eigenvalue weighted by Crippen LogP contribution is -2.46. The van der Waals surface area contributed by atoms with Crippen LogP contribution in [0, 0.1) is 12.8 Å². The molecule has 2 aliphatic rings. The second-order valence-corrected chi connectivity index (χ2v) is 6.34. The molecule has 1 aromatic rings. The van der Waals surface area contributed by atoms with Gasteiger partial charge in [0.15, 0.2) is 0 Å². The highest BCUT2D eigenvalue weighted by Crippen LogP contribution is 2.47. The van der Waals surface area contributed by atoms with E-state index in [2.05, 4.69) is 17.7 Å². The molecular formula is C14H20O2S. The maximum absolute atomic E-state index is 10.5. The van der Waals surface area contributed by atoms with Gasteiger partial charge in [-0.25, -0.2) is 0 Å². The van der Waals surface area contributed by atoms with Crippen molar-refractivity contribution in [3.63, 3.8) is 0 Å². The van der Waals surface area contributed by atoms with E-state index in [1.165, 1.54) is 24.8 Å². The van der Waals surface area contributed by atoms with Gasteiger partial charge in [-0.05, 0) is 66.8 Å². The number of hydrogen-bond acceptors (Lipinski definition) is 3. The molecule has 0 aromatic carbocycles. The summed E-state index contributed by atoms with van der Waals surface area (Å²) in [4.78, 5) is 0. The molecule has 94 valence electrons. The number of aryl methyl sites for hydroxylation is 1. The van der Waals surface area contributed by atoms with Crippen LogP contribution in [0.5, 0.6) is 0 Å². The van der Waals surface area contributed by atoms with Crippen molar-refractivity contribution < 1.29 is 9.84 Å². The van der Waals surface area contributed by atoms with Gasteiger partial charge in [-0.3, -0.25) is 0 Å². The lowest BCUT2D eigenvalue weighted by molar-refractivity contribution is -0.157. The SMILES string of the molecule is Cc1cscc1C(O)C1CCOC2(CCC2)C1. The topological polar surface area (TPSA) is 29.5 Å². The number of hydrogen-bond donors (Lipinski definition) is 1. The Labute approximate surface area is 107 Å². The summed E-state index contributed by atoms with van der Waals surface area (Å²) in [5, 5.41) is 14.7. The Morgan fingerprint density at radius 3 is 2.88 bits per heavy atom. The van der Waals surface area contributed by atoms with Crippen LogP contribution in [0.2, 0.25) is 0 Å². The lowest BCUT2D eigenvalue weighted by atomic mass is 9.70. The predicted molar refractivity (Wildman–Crippen MR) is 69.3 cm³/mol. The highest BCUT2D eigenvalue weighted by atomic mass is 32.1. The van der Waals surface area contributed by atoms with Crippen molar-refractivity contribution >= 4 is 11.3 Å². The van der Waals surface area contributed by atoms with Crippen LogP contribution in [0.4, 0.5) is 0 Å². The molecule has 0 radical (unpaired) electrons. The number of rotatable bonds is 2. The van der Waals surface area contributed by atoms with E-state index in [-0.39, 0.29) is 11.7 Å². The third-order valence-corrected chi connectivity index (χ3v) is 5.34. The van der Waals surface area contributed by atoms with E-state index in [1.807, 2.05) is 0 Å². The van der Waals surface area contributed by atoms with Crippen LogP contribution in [-0.2, 0) is 4.74 Å². The molecule has 17 heavy (non-hydrogen) atoms. The molecular weight excluding hydrogens is 232 g/mol. The summed E-state index contributed by atoms with van der Waals surface area (Å²) >= 11 is 1.69. The average Bonchev–Trinajstić information content (AvgIpc) is 2.73. The Morgan fingerprint density at radius 1 is 1.47 bits per heavy atom. The minimum absolute atomic E-state index is 0.133. The van der Waals surface area contributed by atoms with Crippen molar-refractivity contribution in [2.75, 3.05) is 6.61 Å². The van der Waals surface area contributed by atoms with E-state index < -0.39 is 0 Å². The first-order chi connectivity index (χ1) is 8.20. The molecule has 2 nitrogen and oxygen atoms in total. The van der Waals surface area contributed by atoms with Gasteiger partial charge in [0.1, 0.15) is 0 Å². The number of ether oxygens (including phenoxy) is 1. The van der Waals surface area contributed by atoms with Crippen molar-refractivity contribution in [1.82, 2.24) is 0 Å². The van der Waals surface area contributed by atoms with Gasteiger partial charge in [0.05, 0.1) is 11.7 Å². The van der Waals surface area contributed by atoms with Crippen LogP contribution < -0.4 is 0 Å². The van der Waals surface area contributed by atoms with Gasteiger partial charge < -0.3 is 9.84 Å². The largest absolute Gasteiger partial charge is 0.388 e. The molecule has 0 bridgehead atoms. The summed E-state index contributed by atoms with van der Waals surface area (Å²) in [6, 6.07) is 0. The Balaban J connectivity index is 1.73. The van der Waals surface area contributed by atoms with Gasteiger partial charge in [0, 0.05) is 6.61 Å². The molecule has 1 aromatic heterocycles. The van der Waals surface area contributed by atoms with Gasteiger partial charge in [-0.2, -0.15) is 11.3 Å². The van der Waals surface area contributed by atoms with E-state index in [1.54, 1.807) is 11.3 Å². The van der Waals surface area contributed by atoms with E-state index in [0.29, 0.717) is 5.92 Å². The highest BCUT2D eigenvalue weighted by molar-refractivity contribution is 7.08. The third kappa shape index (κ3) is 2.05. The van der Waals surface area contributed by atoms with Gasteiger partial charge in [-0.1, -0.05) is 0 Å². The van der Waals surface area contributed by atoms with E-state index in [4.69, 9.17) is 4.74 Å². The fraction of sp³-hybridized carbons (Fsp3) is 0.714. The fourth-order valence-corrected chi connectivity index (χ4v) is 4.06. The molecule has 0 amide bonds. The van der Waals surface area contributed by atoms with Gasteiger partial charge in [-0.15, -0.1) is 0 Å². The minimum atomic E-state index is -0.289. The van der Waals surface area contributed by atoms with Crippen molar-refractivity contribution in [2.24, 2.45) is 5.92 Å². The summed E-state index contributed by atoms with van der Waals surface area (Å²) in [5.74, 6) is 0.386. The van der Waals surface area contributed by atoms with Crippen molar-refractivity contribution in [2.45, 2.75) is 50.7 Å². The summed E-state index contributed by atoms with van der Waals surface area (Å²) < 4.78 is 5.92. The zero-order valence-corrected chi connectivity index (χ0v) is 11.1. The van der Waals surface area contributed by atoms with Crippen LogP contribution >= 0.6 is 11.3 Å². The van der Waals surface area contributed by atoms with Crippen LogP contribution in [0.1, 0.15) is 49.3 Å². The molecule has 1 spiro atoms. The Kier molecular flexibility index (Phi) is 3.01. The molecule has 1 saturated heterocycles. The first-order valence-corrected chi connectivity index (χ1v) is 7.49. The molecule has 1 saturated carbocycles. The smallest absolute Gasteiger partial charge is 0.0830 e. The molecule has 3 rings (SSSR count). The first kappa shape index (κ1) is 11.7. The number of aliphatic hydroxyl groups excluding tert-OH is 1. The molecule has 1 N–H and O–H groups in total. The second-order valence-electron chi connectivity index (χ2n) is 5.59. The van der Waals surface area contributed by atoms with Crippen LogP contribution in [-0.4, -0.2) is 17.3 Å². The number of thiophene rings is 1. The molecule has 2 atom stereocenters. The second kappa shape index (κ2) is 4.38. The number of aliphatic hydroxyl groups is 1. The van der Waals surface area contributed by atoms with E-state index in [0.717, 1.165) is 25.0 Å². The summed E-state index contributed by atoms with van der Waals surface area (Å²) in [6.07, 6.45) is 5.43. The molecule has 1 aliphatic heterocycles. The molecule has 3 heteroatoms. The maximum Gasteiger partial charge on any atom is 0.0830 e. The standard InChI is InChI=1S/C14H20O2S/c1-10-8-17-9-12(10)13(15)11-3-6-16-14(7-11)4-2-5-14/h8-9,11,13,15H,2-7H2,1H3. The molecule has 2 fully saturated rings. The fourth-order valence-electron chi connectivity index (χ4n) is 3.18. The van der Waals surface area contributed by atoms with Gasteiger partial charge in [0.25, 0.3) is 0 Å². The van der Waals surface area contributed by atoms with Crippen LogP contribution in [0.15, 0.2) is 10.8 Å². The van der Waals surface area contributed by atoms with Crippen molar-refractivity contribution in [1.29, 1.82) is 0 Å². The molecule has 1 aliphatic carbocycles. The first-order valence-electron chi connectivity index (χ1n) is 6.55. The normalized spacial score (nSPS) is 28.9. The van der Waals surface area contributed by atoms with E-state index >= 15 is 0 Å². The van der Waals surface area contributed by atoms with Crippen molar-refractivity contribution in [3.05, 3.63) is 21.9 Å². The maximum atomic E-state index is 10.5. The monoisotopic (exact) mass is 252 g/mol. The Morgan fingerprint density at radius 2 is 2.29 bits per heavy atom. The van der Waals surface area contributed by atoms with Crippen LogP contribution in [0.3, 0.4) is 0 Å². The Bertz CT molecular complexity index is 395. The minimum Gasteiger partial charge on any atom is -0.388 e. The zero-order valence-electron chi connectivity index (χ0n) is 10.3. The summed E-state index contributed by atoms with van der Waals surface area (Å²) in [5.41, 5.74) is 2.50. The molecule has 2 heterocycles. The lowest BCUT2D eigenvalue weighted by Gasteiger charge is -2.48. The van der Waals surface area contributed by atoms with E-state index in [9.17, 15) is 5.11 Å². The third-order valence-electron chi connectivity index (χ3n) is 4.46. The molecule has 2 unspecified atom stereocenters. The zero-order chi connectivity index (χ0) is 11.9. The Hall–Kier alpha value is -0.380. The summed E-state index contributed by atoms with van der Waals surface area (Å²) in [7, 11) is 0. The highest BCUT2D eigenvalue weighted by Gasteiger charge is 2.44.